The van der Waals surface area contributed by atoms with Crippen LogP contribution in [0.15, 0.2) is 48.6 Å². The molecule has 0 saturated heterocycles. The summed E-state index contributed by atoms with van der Waals surface area (Å²) in [4.78, 5) is 10.9. The molecule has 0 aromatic heterocycles. The Morgan fingerprint density at radius 1 is 0.958 bits per heavy atom. The number of hydrogen-bond donors (Lipinski definition) is 1. The minimum atomic E-state index is -0.294. The van der Waals surface area contributed by atoms with Gasteiger partial charge < -0.3 is 9.84 Å². The minimum Gasteiger partial charge on any atom is -0.469 e. The number of ether oxygens (including phenoxy) is 1. The number of esters is 1. The van der Waals surface area contributed by atoms with E-state index in [0.717, 1.165) is 51.4 Å². The lowest BCUT2D eigenvalue weighted by Crippen LogP contribution is -2.00. The van der Waals surface area contributed by atoms with Gasteiger partial charge in [-0.1, -0.05) is 68.4 Å². The lowest BCUT2D eigenvalue weighted by molar-refractivity contribution is -0.140. The van der Waals surface area contributed by atoms with Gasteiger partial charge >= 0.3 is 5.97 Å². The molecule has 1 N–H and O–H groups in total. The number of methoxy groups -OCH3 is 1. The van der Waals surface area contributed by atoms with Crippen molar-refractivity contribution in [2.75, 3.05) is 7.11 Å². The monoisotopic (exact) mass is 334 g/mol. The van der Waals surface area contributed by atoms with Crippen LogP contribution >= 0.6 is 0 Å². The number of allylic oxidation sites excluding steroid dienone is 7. The van der Waals surface area contributed by atoms with Gasteiger partial charge in [0, 0.05) is 6.42 Å². The first-order valence-electron chi connectivity index (χ1n) is 9.07. The van der Waals surface area contributed by atoms with Crippen molar-refractivity contribution < 1.29 is 14.6 Å². The molecule has 0 aromatic carbocycles. The van der Waals surface area contributed by atoms with Crippen LogP contribution in [0.5, 0.6) is 0 Å². The van der Waals surface area contributed by atoms with Crippen LogP contribution in [0.1, 0.15) is 64.7 Å². The van der Waals surface area contributed by atoms with E-state index in [0.29, 0.717) is 6.42 Å². The fourth-order valence-corrected chi connectivity index (χ4v) is 2.05. The van der Waals surface area contributed by atoms with Crippen molar-refractivity contribution in [1.29, 1.82) is 0 Å². The van der Waals surface area contributed by atoms with Gasteiger partial charge in [0.15, 0.2) is 0 Å². The highest BCUT2D eigenvalue weighted by atomic mass is 16.5. The number of rotatable bonds is 14. The molecule has 0 aliphatic carbocycles. The molecule has 0 saturated carbocycles. The molecule has 0 radical (unpaired) electrons. The molecule has 3 nitrogen and oxygen atoms in total. The maximum atomic E-state index is 10.9. The highest BCUT2D eigenvalue weighted by Crippen LogP contribution is 2.02. The summed E-state index contributed by atoms with van der Waals surface area (Å²) in [5, 5.41) is 9.65. The second kappa shape index (κ2) is 17.7. The standard InChI is InChI=1S/C21H34O3/c1-3-4-17-20(22)18-15-13-11-9-7-5-6-8-10-12-14-16-19-21(23)24-2/h5-6,9-12,15,18,20,22H,3-4,7-8,13-14,16-17,19H2,1-2H3/b6-5-,11-9-,12-10-,18-15-. The molecule has 0 fully saturated rings. The lowest BCUT2D eigenvalue weighted by Gasteiger charge is -2.02. The Bertz CT molecular complexity index is 405. The molecule has 0 aliphatic heterocycles. The Kier molecular flexibility index (Phi) is 16.5. The molecule has 0 spiro atoms. The molecule has 0 amide bonds. The summed E-state index contributed by atoms with van der Waals surface area (Å²) in [5.41, 5.74) is 0. The first kappa shape index (κ1) is 22.4. The number of aliphatic hydroxyl groups excluding tert-OH is 1. The van der Waals surface area contributed by atoms with Crippen molar-refractivity contribution in [3.8, 4) is 0 Å². The second-order valence-electron chi connectivity index (χ2n) is 5.73. The largest absolute Gasteiger partial charge is 0.469 e. The van der Waals surface area contributed by atoms with Gasteiger partial charge in [0.2, 0.25) is 0 Å². The predicted octanol–water partition coefficient (Wildman–Crippen LogP) is 5.28. The van der Waals surface area contributed by atoms with Crippen molar-refractivity contribution in [3.05, 3.63) is 48.6 Å². The molecular formula is C21H34O3. The van der Waals surface area contributed by atoms with Crippen LogP contribution in [0, 0.1) is 0 Å². The Labute approximate surface area is 147 Å². The van der Waals surface area contributed by atoms with E-state index in [2.05, 4.69) is 48.1 Å². The summed E-state index contributed by atoms with van der Waals surface area (Å²) in [7, 11) is 1.42. The number of carbonyl (C=O) groups is 1. The van der Waals surface area contributed by atoms with Gasteiger partial charge in [0.05, 0.1) is 13.2 Å². The first-order chi connectivity index (χ1) is 11.7. The molecule has 0 heterocycles. The highest BCUT2D eigenvalue weighted by molar-refractivity contribution is 5.69. The van der Waals surface area contributed by atoms with Gasteiger partial charge in [-0.3, -0.25) is 4.79 Å². The maximum absolute atomic E-state index is 10.9. The summed E-state index contributed by atoms with van der Waals surface area (Å²) >= 11 is 0. The third-order valence-corrected chi connectivity index (χ3v) is 3.51. The SMILES string of the molecule is CCCCC(O)/C=C\C/C=C\C/C=C\C/C=C\CCCC(=O)OC. The molecule has 1 atom stereocenters. The summed E-state index contributed by atoms with van der Waals surface area (Å²) in [6.07, 6.45) is 24.4. The van der Waals surface area contributed by atoms with Crippen LogP contribution in [0.2, 0.25) is 0 Å². The molecular weight excluding hydrogens is 300 g/mol. The predicted molar refractivity (Wildman–Crippen MR) is 102 cm³/mol. The van der Waals surface area contributed by atoms with Crippen LogP contribution in [-0.4, -0.2) is 24.3 Å². The van der Waals surface area contributed by atoms with Gasteiger partial charge in [0.25, 0.3) is 0 Å². The van der Waals surface area contributed by atoms with Crippen molar-refractivity contribution >= 4 is 5.97 Å². The lowest BCUT2D eigenvalue weighted by atomic mass is 10.1. The van der Waals surface area contributed by atoms with E-state index in [9.17, 15) is 9.90 Å². The smallest absolute Gasteiger partial charge is 0.305 e. The molecule has 3 heteroatoms. The molecule has 24 heavy (non-hydrogen) atoms. The molecule has 0 aromatic rings. The van der Waals surface area contributed by atoms with Crippen molar-refractivity contribution in [2.45, 2.75) is 70.8 Å². The average Bonchev–Trinajstić information content (AvgIpc) is 2.59. The third kappa shape index (κ3) is 16.8. The van der Waals surface area contributed by atoms with E-state index < -0.39 is 0 Å². The maximum Gasteiger partial charge on any atom is 0.305 e. The van der Waals surface area contributed by atoms with Gasteiger partial charge in [-0.05, 0) is 38.5 Å². The zero-order valence-electron chi connectivity index (χ0n) is 15.3. The van der Waals surface area contributed by atoms with Crippen molar-refractivity contribution in [2.24, 2.45) is 0 Å². The number of unbranched alkanes of at least 4 members (excludes halogenated alkanes) is 2. The van der Waals surface area contributed by atoms with Crippen LogP contribution in [0.3, 0.4) is 0 Å². The Morgan fingerprint density at radius 2 is 1.54 bits per heavy atom. The zero-order valence-corrected chi connectivity index (χ0v) is 15.3. The molecule has 136 valence electrons. The fourth-order valence-electron chi connectivity index (χ4n) is 2.05. The van der Waals surface area contributed by atoms with Crippen LogP contribution < -0.4 is 0 Å². The summed E-state index contributed by atoms with van der Waals surface area (Å²) in [6, 6.07) is 0. The number of carbonyl (C=O) groups excluding carboxylic acids is 1. The van der Waals surface area contributed by atoms with Crippen molar-refractivity contribution in [1.82, 2.24) is 0 Å². The number of aliphatic hydroxyl groups is 1. The quantitative estimate of drug-likeness (QED) is 0.267. The van der Waals surface area contributed by atoms with Crippen LogP contribution in [-0.2, 0) is 9.53 Å². The Hall–Kier alpha value is -1.61. The Morgan fingerprint density at radius 3 is 2.12 bits per heavy atom. The Balaban J connectivity index is 3.54. The van der Waals surface area contributed by atoms with Gasteiger partial charge in [0.1, 0.15) is 0 Å². The van der Waals surface area contributed by atoms with E-state index in [-0.39, 0.29) is 12.1 Å². The minimum absolute atomic E-state index is 0.139. The van der Waals surface area contributed by atoms with E-state index in [4.69, 9.17) is 0 Å². The fraction of sp³-hybridized carbons (Fsp3) is 0.571. The van der Waals surface area contributed by atoms with E-state index in [1.54, 1.807) is 0 Å². The topological polar surface area (TPSA) is 46.5 Å². The van der Waals surface area contributed by atoms with Gasteiger partial charge in [-0.15, -0.1) is 0 Å². The zero-order chi connectivity index (χ0) is 17.9. The van der Waals surface area contributed by atoms with E-state index in [1.165, 1.54) is 7.11 Å². The van der Waals surface area contributed by atoms with Gasteiger partial charge in [-0.2, -0.15) is 0 Å². The van der Waals surface area contributed by atoms with E-state index >= 15 is 0 Å². The second-order valence-corrected chi connectivity index (χ2v) is 5.73. The molecule has 0 aliphatic rings. The average molecular weight is 335 g/mol. The first-order valence-corrected chi connectivity index (χ1v) is 9.07. The van der Waals surface area contributed by atoms with Crippen LogP contribution in [0.25, 0.3) is 0 Å². The molecule has 1 unspecified atom stereocenters. The van der Waals surface area contributed by atoms with E-state index in [1.807, 2.05) is 12.2 Å². The number of hydrogen-bond acceptors (Lipinski definition) is 3. The highest BCUT2D eigenvalue weighted by Gasteiger charge is 1.96. The van der Waals surface area contributed by atoms with Crippen LogP contribution in [0.4, 0.5) is 0 Å². The molecule has 0 rings (SSSR count). The summed E-state index contributed by atoms with van der Waals surface area (Å²) < 4.78 is 4.59. The van der Waals surface area contributed by atoms with Crippen molar-refractivity contribution in [3.63, 3.8) is 0 Å². The van der Waals surface area contributed by atoms with Gasteiger partial charge in [-0.25, -0.2) is 0 Å². The summed E-state index contributed by atoms with van der Waals surface area (Å²) in [6.45, 7) is 2.13. The normalized spacial score (nSPS) is 13.6. The third-order valence-electron chi connectivity index (χ3n) is 3.51. The molecule has 0 bridgehead atoms. The summed E-state index contributed by atoms with van der Waals surface area (Å²) in [5.74, 6) is -0.139.